The van der Waals surface area contributed by atoms with Crippen molar-refractivity contribution in [2.45, 2.75) is 50.5 Å². The zero-order valence-electron chi connectivity index (χ0n) is 12.8. The van der Waals surface area contributed by atoms with Crippen LogP contribution in [0.25, 0.3) is 0 Å². The van der Waals surface area contributed by atoms with Gasteiger partial charge in [0.15, 0.2) is 0 Å². The average Bonchev–Trinajstić information content (AvgIpc) is 2.57. The summed E-state index contributed by atoms with van der Waals surface area (Å²) < 4.78 is 49.3. The summed E-state index contributed by atoms with van der Waals surface area (Å²) in [7, 11) is -0.595. The van der Waals surface area contributed by atoms with Crippen LogP contribution in [0, 0.1) is 0 Å². The maximum absolute atomic E-state index is 12.5. The van der Waals surface area contributed by atoms with Crippen molar-refractivity contribution in [1.82, 2.24) is 0 Å². The molecule has 2 rings (SSSR count). The Kier molecular flexibility index (Phi) is 4.59. The molecule has 1 aliphatic heterocycles. The molecular formula is C14H18BBrF3NO2. The minimum absolute atomic E-state index is 0.0182. The molecular weight excluding hydrogens is 362 g/mol. The number of benzene rings is 1. The van der Waals surface area contributed by atoms with E-state index in [1.54, 1.807) is 12.1 Å². The molecule has 1 aromatic rings. The van der Waals surface area contributed by atoms with Crippen LogP contribution in [-0.4, -0.2) is 24.6 Å². The average molecular weight is 380 g/mol. The maximum Gasteiger partial charge on any atom is 0.494 e. The number of hydrogen-bond donors (Lipinski definition) is 1. The quantitative estimate of drug-likeness (QED) is 0.492. The van der Waals surface area contributed by atoms with Crippen LogP contribution in [0.15, 0.2) is 18.2 Å². The van der Waals surface area contributed by atoms with Gasteiger partial charge in [-0.05, 0) is 44.8 Å². The van der Waals surface area contributed by atoms with E-state index in [1.807, 2.05) is 27.7 Å². The Labute approximate surface area is 136 Å². The number of alkyl halides is 4. The summed E-state index contributed by atoms with van der Waals surface area (Å²) in [4.78, 5) is 0. The van der Waals surface area contributed by atoms with E-state index in [-0.39, 0.29) is 5.69 Å². The Balaban J connectivity index is 2.28. The highest BCUT2D eigenvalue weighted by Gasteiger charge is 2.51. The molecule has 1 heterocycles. The number of anilines is 1. The fourth-order valence-electron chi connectivity index (χ4n) is 2.12. The van der Waals surface area contributed by atoms with Crippen LogP contribution in [0.2, 0.25) is 0 Å². The van der Waals surface area contributed by atoms with Crippen molar-refractivity contribution in [1.29, 1.82) is 0 Å². The molecule has 0 amide bonds. The first-order valence-corrected chi connectivity index (χ1v) is 7.97. The molecule has 8 heteroatoms. The van der Waals surface area contributed by atoms with Gasteiger partial charge in [0.05, 0.1) is 11.2 Å². The Hall–Kier alpha value is -0.725. The first-order valence-electron chi connectivity index (χ1n) is 6.84. The van der Waals surface area contributed by atoms with E-state index in [9.17, 15) is 13.2 Å². The lowest BCUT2D eigenvalue weighted by molar-refractivity contribution is -0.0999. The molecule has 1 aliphatic rings. The van der Waals surface area contributed by atoms with Crippen LogP contribution in [-0.2, 0) is 14.6 Å². The van der Waals surface area contributed by atoms with Gasteiger partial charge in [-0.1, -0.05) is 28.1 Å². The smallest absolute Gasteiger partial charge is 0.399 e. The zero-order valence-corrected chi connectivity index (χ0v) is 14.4. The number of nitrogens with one attached hydrogen (secondary N) is 1. The van der Waals surface area contributed by atoms with Crippen LogP contribution in [0.4, 0.5) is 18.9 Å². The van der Waals surface area contributed by atoms with Crippen LogP contribution in [0.3, 0.4) is 0 Å². The topological polar surface area (TPSA) is 30.5 Å². The molecule has 0 radical (unpaired) electrons. The maximum atomic E-state index is 12.5. The summed E-state index contributed by atoms with van der Waals surface area (Å²) in [5.41, 5.74) is 0.222. The predicted molar refractivity (Wildman–Crippen MR) is 84.5 cm³/mol. The third kappa shape index (κ3) is 3.60. The van der Waals surface area contributed by atoms with Crippen LogP contribution in [0.5, 0.6) is 0 Å². The zero-order chi connectivity index (χ0) is 16.8. The molecule has 1 saturated heterocycles. The lowest BCUT2D eigenvalue weighted by Crippen LogP contribution is -2.41. The Bertz CT molecular complexity index is 548. The molecule has 0 spiro atoms. The number of halogens is 4. The van der Waals surface area contributed by atoms with Gasteiger partial charge in [-0.25, -0.2) is 0 Å². The van der Waals surface area contributed by atoms with E-state index in [0.29, 0.717) is 16.4 Å². The van der Waals surface area contributed by atoms with Gasteiger partial charge in [0.25, 0.3) is 0 Å². The summed E-state index contributed by atoms with van der Waals surface area (Å²) in [5.74, 6) is 0. The van der Waals surface area contributed by atoms with Gasteiger partial charge in [-0.2, -0.15) is 13.2 Å². The van der Waals surface area contributed by atoms with E-state index in [1.165, 1.54) is 11.4 Å². The van der Waals surface area contributed by atoms with E-state index >= 15 is 0 Å². The first-order chi connectivity index (χ1) is 9.95. The largest absolute Gasteiger partial charge is 0.494 e. The van der Waals surface area contributed by atoms with Crippen molar-refractivity contribution < 1.29 is 22.5 Å². The summed E-state index contributed by atoms with van der Waals surface area (Å²) in [6, 6.07) is 4.64. The van der Waals surface area contributed by atoms with Gasteiger partial charge < -0.3 is 9.31 Å². The lowest BCUT2D eigenvalue weighted by atomic mass is 9.78. The molecule has 0 unspecified atom stereocenters. The summed E-state index contributed by atoms with van der Waals surface area (Å²) in [6.45, 7) is 7.71. The monoisotopic (exact) mass is 379 g/mol. The highest BCUT2D eigenvalue weighted by molar-refractivity contribution is 9.08. The molecule has 22 heavy (non-hydrogen) atoms. The SMILES string of the molecule is CC1(C)OB(c2ccc(NC(F)(F)F)c(CBr)c2)OC1(C)C. The normalized spacial score (nSPS) is 20.3. The van der Waals surface area contributed by atoms with Crippen LogP contribution in [0.1, 0.15) is 33.3 Å². The van der Waals surface area contributed by atoms with Crippen molar-refractivity contribution in [3.05, 3.63) is 23.8 Å². The molecule has 0 atom stereocenters. The van der Waals surface area contributed by atoms with E-state index < -0.39 is 24.6 Å². The van der Waals surface area contributed by atoms with E-state index in [0.717, 1.165) is 0 Å². The van der Waals surface area contributed by atoms with Crippen molar-refractivity contribution in [2.75, 3.05) is 5.32 Å². The Morgan fingerprint density at radius 2 is 1.68 bits per heavy atom. The molecule has 1 aromatic carbocycles. The summed E-state index contributed by atoms with van der Waals surface area (Å²) >= 11 is 3.21. The van der Waals surface area contributed by atoms with E-state index in [2.05, 4.69) is 15.9 Å². The Morgan fingerprint density at radius 3 is 2.14 bits per heavy atom. The minimum atomic E-state index is -4.47. The van der Waals surface area contributed by atoms with Gasteiger partial charge in [0.2, 0.25) is 0 Å². The molecule has 3 nitrogen and oxygen atoms in total. The first kappa shape index (κ1) is 17.6. The fourth-order valence-corrected chi connectivity index (χ4v) is 2.59. The lowest BCUT2D eigenvalue weighted by Gasteiger charge is -2.32. The van der Waals surface area contributed by atoms with Gasteiger partial charge in [-0.3, -0.25) is 5.32 Å². The molecule has 1 N–H and O–H groups in total. The standard InChI is InChI=1S/C14H18BBrF3NO2/c1-12(2)13(3,4)22-15(21-12)10-5-6-11(9(7-10)8-16)20-14(17,18)19/h5-7,20H,8H2,1-4H3. The van der Waals surface area contributed by atoms with Gasteiger partial charge in [0, 0.05) is 11.0 Å². The molecule has 122 valence electrons. The highest BCUT2D eigenvalue weighted by atomic mass is 79.9. The number of hydrogen-bond acceptors (Lipinski definition) is 3. The Morgan fingerprint density at radius 1 is 1.14 bits per heavy atom. The highest BCUT2D eigenvalue weighted by Crippen LogP contribution is 2.36. The molecule has 1 fully saturated rings. The van der Waals surface area contributed by atoms with Crippen molar-refractivity contribution in [3.63, 3.8) is 0 Å². The van der Waals surface area contributed by atoms with E-state index in [4.69, 9.17) is 9.31 Å². The van der Waals surface area contributed by atoms with Crippen molar-refractivity contribution >= 4 is 34.2 Å². The molecule has 0 aliphatic carbocycles. The van der Waals surface area contributed by atoms with Crippen LogP contribution >= 0.6 is 15.9 Å². The van der Waals surface area contributed by atoms with Crippen molar-refractivity contribution in [2.24, 2.45) is 0 Å². The third-order valence-electron chi connectivity index (χ3n) is 4.08. The minimum Gasteiger partial charge on any atom is -0.399 e. The summed E-state index contributed by atoms with van der Waals surface area (Å²) in [5, 5.41) is 1.83. The van der Waals surface area contributed by atoms with Gasteiger partial charge in [-0.15, -0.1) is 0 Å². The van der Waals surface area contributed by atoms with Crippen LogP contribution < -0.4 is 10.8 Å². The third-order valence-corrected chi connectivity index (χ3v) is 4.68. The molecule has 0 saturated carbocycles. The molecule has 0 aromatic heterocycles. The second kappa shape index (κ2) is 5.72. The summed E-state index contributed by atoms with van der Waals surface area (Å²) in [6.07, 6.45) is -4.47. The predicted octanol–water partition coefficient (Wildman–Crippen LogP) is 3.81. The number of rotatable bonds is 3. The fraction of sp³-hybridized carbons (Fsp3) is 0.571. The van der Waals surface area contributed by atoms with Gasteiger partial charge >= 0.3 is 13.4 Å². The second-order valence-corrected chi connectivity index (χ2v) is 6.82. The molecule has 0 bridgehead atoms. The van der Waals surface area contributed by atoms with Crippen molar-refractivity contribution in [3.8, 4) is 0 Å². The second-order valence-electron chi connectivity index (χ2n) is 6.26. The van der Waals surface area contributed by atoms with Gasteiger partial charge in [0.1, 0.15) is 0 Å².